The molecule has 0 aliphatic rings. The first-order chi connectivity index (χ1) is 7.56. The highest BCUT2D eigenvalue weighted by atomic mass is 16.5. The molecule has 1 aromatic rings. The van der Waals surface area contributed by atoms with Crippen molar-refractivity contribution in [2.75, 3.05) is 12.3 Å². The molecule has 0 aliphatic heterocycles. The average Bonchev–Trinajstić information content (AvgIpc) is 2.25. The Bertz CT molecular complexity index is 422. The highest BCUT2D eigenvalue weighted by Gasteiger charge is 2.06. The van der Waals surface area contributed by atoms with E-state index < -0.39 is 0 Å². The molecular weight excluding hydrogens is 202 g/mol. The fraction of sp³-hybridized carbons (Fsp3) is 0.308. The molecule has 0 fully saturated rings. The zero-order chi connectivity index (χ0) is 12.1. The number of hydrogen-bond acceptors (Lipinski definition) is 3. The third kappa shape index (κ3) is 2.86. The second kappa shape index (κ2) is 5.35. The molecule has 1 aromatic carbocycles. The van der Waals surface area contributed by atoms with E-state index in [9.17, 15) is 4.79 Å². The summed E-state index contributed by atoms with van der Waals surface area (Å²) < 4.78 is 4.91. The Morgan fingerprint density at radius 3 is 2.81 bits per heavy atom. The first kappa shape index (κ1) is 12.3. The number of anilines is 1. The summed E-state index contributed by atoms with van der Waals surface area (Å²) in [5.74, 6) is -0.288. The minimum absolute atomic E-state index is 0.288. The van der Waals surface area contributed by atoms with Gasteiger partial charge >= 0.3 is 5.97 Å². The molecule has 0 amide bonds. The van der Waals surface area contributed by atoms with Crippen LogP contribution in [0.25, 0.3) is 6.08 Å². The van der Waals surface area contributed by atoms with Crippen molar-refractivity contribution in [3.63, 3.8) is 0 Å². The van der Waals surface area contributed by atoms with Crippen LogP contribution in [0.5, 0.6) is 0 Å². The third-order valence-corrected chi connectivity index (χ3v) is 2.39. The Balaban J connectivity index is 2.98. The van der Waals surface area contributed by atoms with E-state index in [0.29, 0.717) is 12.2 Å². The number of nitrogen functional groups attached to an aromatic ring is 1. The van der Waals surface area contributed by atoms with Crippen molar-refractivity contribution in [1.29, 1.82) is 0 Å². The first-order valence-electron chi connectivity index (χ1n) is 5.26. The lowest BCUT2D eigenvalue weighted by Gasteiger charge is -2.06. The molecule has 0 unspecified atom stereocenters. The molecule has 0 saturated heterocycles. The molecular formula is C13H17NO2. The maximum atomic E-state index is 11.4. The monoisotopic (exact) mass is 219 g/mol. The maximum absolute atomic E-state index is 11.4. The Hall–Kier alpha value is -1.77. The van der Waals surface area contributed by atoms with E-state index in [4.69, 9.17) is 10.5 Å². The van der Waals surface area contributed by atoms with Crippen LogP contribution in [-0.2, 0) is 9.53 Å². The lowest BCUT2D eigenvalue weighted by molar-refractivity contribution is -0.138. The van der Waals surface area contributed by atoms with Crippen LogP contribution in [0.15, 0.2) is 23.8 Å². The summed E-state index contributed by atoms with van der Waals surface area (Å²) in [5.41, 5.74) is 9.02. The van der Waals surface area contributed by atoms with Crippen LogP contribution in [0.3, 0.4) is 0 Å². The molecule has 0 aromatic heterocycles. The highest BCUT2D eigenvalue weighted by Crippen LogP contribution is 2.18. The molecule has 0 heterocycles. The largest absolute Gasteiger partial charge is 0.463 e. The van der Waals surface area contributed by atoms with Gasteiger partial charge in [0.15, 0.2) is 0 Å². The molecule has 86 valence electrons. The van der Waals surface area contributed by atoms with Crippen LogP contribution in [-0.4, -0.2) is 12.6 Å². The van der Waals surface area contributed by atoms with E-state index in [1.54, 1.807) is 19.9 Å². The second-order valence-electron chi connectivity index (χ2n) is 3.61. The van der Waals surface area contributed by atoms with Gasteiger partial charge in [-0.1, -0.05) is 12.1 Å². The van der Waals surface area contributed by atoms with E-state index in [-0.39, 0.29) is 5.97 Å². The van der Waals surface area contributed by atoms with Gasteiger partial charge in [-0.05, 0) is 44.0 Å². The number of ether oxygens (including phenoxy) is 1. The second-order valence-corrected chi connectivity index (χ2v) is 3.61. The van der Waals surface area contributed by atoms with Crippen LogP contribution in [0.4, 0.5) is 5.69 Å². The number of carbonyl (C=O) groups is 1. The molecule has 2 N–H and O–H groups in total. The van der Waals surface area contributed by atoms with Gasteiger partial charge in [0, 0.05) is 11.3 Å². The normalized spacial score (nSPS) is 11.3. The topological polar surface area (TPSA) is 52.3 Å². The fourth-order valence-electron chi connectivity index (χ4n) is 1.37. The van der Waals surface area contributed by atoms with Gasteiger partial charge in [-0.15, -0.1) is 0 Å². The first-order valence-corrected chi connectivity index (χ1v) is 5.26. The predicted octanol–water partition coefficient (Wildman–Crippen LogP) is 2.54. The zero-order valence-electron chi connectivity index (χ0n) is 9.91. The Morgan fingerprint density at radius 1 is 1.50 bits per heavy atom. The minimum atomic E-state index is -0.288. The standard InChI is InChI=1S/C13H17NO2/c1-4-16-13(15)9(2)8-11-6-5-7-12(14)10(11)3/h5-8H,4,14H2,1-3H3/b9-8+. The average molecular weight is 219 g/mol. The number of hydrogen-bond donors (Lipinski definition) is 1. The van der Waals surface area contributed by atoms with Gasteiger partial charge in [0.2, 0.25) is 0 Å². The number of benzene rings is 1. The van der Waals surface area contributed by atoms with Crippen LogP contribution in [0.2, 0.25) is 0 Å². The Labute approximate surface area is 95.9 Å². The number of carbonyl (C=O) groups excluding carboxylic acids is 1. The van der Waals surface area contributed by atoms with Crippen LogP contribution in [0, 0.1) is 6.92 Å². The van der Waals surface area contributed by atoms with Gasteiger partial charge in [-0.25, -0.2) is 4.79 Å². The quantitative estimate of drug-likeness (QED) is 0.483. The van der Waals surface area contributed by atoms with Crippen molar-refractivity contribution in [3.05, 3.63) is 34.9 Å². The maximum Gasteiger partial charge on any atom is 0.333 e. The summed E-state index contributed by atoms with van der Waals surface area (Å²) in [7, 11) is 0. The molecule has 3 heteroatoms. The van der Waals surface area contributed by atoms with Crippen molar-refractivity contribution in [2.24, 2.45) is 0 Å². The number of nitrogens with two attached hydrogens (primary N) is 1. The summed E-state index contributed by atoms with van der Waals surface area (Å²) in [5, 5.41) is 0. The van der Waals surface area contributed by atoms with Gasteiger partial charge in [0.25, 0.3) is 0 Å². The van der Waals surface area contributed by atoms with Gasteiger partial charge in [-0.3, -0.25) is 0 Å². The van der Waals surface area contributed by atoms with E-state index in [2.05, 4.69) is 0 Å². The van der Waals surface area contributed by atoms with Crippen molar-refractivity contribution < 1.29 is 9.53 Å². The smallest absolute Gasteiger partial charge is 0.333 e. The predicted molar refractivity (Wildman–Crippen MR) is 65.9 cm³/mol. The molecule has 0 aliphatic carbocycles. The molecule has 0 bridgehead atoms. The molecule has 3 nitrogen and oxygen atoms in total. The summed E-state index contributed by atoms with van der Waals surface area (Å²) in [6.07, 6.45) is 1.80. The molecule has 0 saturated carbocycles. The Kier molecular flexibility index (Phi) is 4.11. The van der Waals surface area contributed by atoms with Crippen LogP contribution >= 0.6 is 0 Å². The minimum Gasteiger partial charge on any atom is -0.463 e. The zero-order valence-corrected chi connectivity index (χ0v) is 9.91. The van der Waals surface area contributed by atoms with Gasteiger partial charge in [-0.2, -0.15) is 0 Å². The van der Waals surface area contributed by atoms with Crippen molar-refractivity contribution >= 4 is 17.7 Å². The third-order valence-electron chi connectivity index (χ3n) is 2.39. The summed E-state index contributed by atoms with van der Waals surface area (Å²) in [6.45, 7) is 5.84. The van der Waals surface area contributed by atoms with E-state index in [1.165, 1.54) is 0 Å². The van der Waals surface area contributed by atoms with Crippen LogP contribution < -0.4 is 5.73 Å². The summed E-state index contributed by atoms with van der Waals surface area (Å²) >= 11 is 0. The highest BCUT2D eigenvalue weighted by molar-refractivity contribution is 5.93. The Morgan fingerprint density at radius 2 is 2.19 bits per heavy atom. The lowest BCUT2D eigenvalue weighted by atomic mass is 10.0. The van der Waals surface area contributed by atoms with Crippen molar-refractivity contribution in [2.45, 2.75) is 20.8 Å². The fourth-order valence-corrected chi connectivity index (χ4v) is 1.37. The van der Waals surface area contributed by atoms with E-state index in [0.717, 1.165) is 16.8 Å². The number of rotatable bonds is 3. The van der Waals surface area contributed by atoms with Crippen LogP contribution in [0.1, 0.15) is 25.0 Å². The van der Waals surface area contributed by atoms with Gasteiger partial charge < -0.3 is 10.5 Å². The van der Waals surface area contributed by atoms with Crippen molar-refractivity contribution in [1.82, 2.24) is 0 Å². The lowest BCUT2D eigenvalue weighted by Crippen LogP contribution is -2.05. The van der Waals surface area contributed by atoms with Crippen molar-refractivity contribution in [3.8, 4) is 0 Å². The summed E-state index contributed by atoms with van der Waals surface area (Å²) in [4.78, 5) is 11.4. The molecule has 0 radical (unpaired) electrons. The number of esters is 1. The SMILES string of the molecule is CCOC(=O)/C(C)=C/c1cccc(N)c1C. The molecule has 0 spiro atoms. The summed E-state index contributed by atoms with van der Waals surface area (Å²) in [6, 6.07) is 5.63. The molecule has 0 atom stereocenters. The van der Waals surface area contributed by atoms with Gasteiger partial charge in [0.05, 0.1) is 6.61 Å². The van der Waals surface area contributed by atoms with Gasteiger partial charge in [0.1, 0.15) is 0 Å². The molecule has 1 rings (SSSR count). The molecule has 16 heavy (non-hydrogen) atoms. The van der Waals surface area contributed by atoms with E-state index in [1.807, 2.05) is 25.1 Å². The van der Waals surface area contributed by atoms with E-state index >= 15 is 0 Å².